The van der Waals surface area contributed by atoms with Gasteiger partial charge in [0.2, 0.25) is 41.4 Å². The predicted octanol–water partition coefficient (Wildman–Crippen LogP) is 3.27. The number of likely N-dealkylation sites (tertiary alicyclic amines) is 1. The first-order valence-corrected chi connectivity index (χ1v) is 26.3. The number of aromatic nitrogens is 2. The van der Waals surface area contributed by atoms with Crippen LogP contribution in [-0.4, -0.2) is 126 Å². The number of nitrogens with zero attached hydrogens (tertiary/aromatic N) is 3. The molecule has 1 aliphatic heterocycles. The highest BCUT2D eigenvalue weighted by Gasteiger charge is 2.36. The minimum Gasteiger partial charge on any atom is -0.445 e. The number of carbonyl (C=O) groups excluding carboxylic acids is 8. The van der Waals surface area contributed by atoms with Crippen LogP contribution < -0.4 is 43.4 Å². The summed E-state index contributed by atoms with van der Waals surface area (Å²) in [6, 6.07) is 21.1. The van der Waals surface area contributed by atoms with E-state index in [1.54, 1.807) is 38.1 Å². The monoisotopic (exact) mass is 1080 g/mol. The highest BCUT2D eigenvalue weighted by Crippen LogP contribution is 2.34. The van der Waals surface area contributed by atoms with E-state index in [2.05, 4.69) is 56.0 Å². The van der Waals surface area contributed by atoms with Crippen LogP contribution in [0.4, 0.5) is 16.2 Å². The smallest absolute Gasteiger partial charge is 0.407 e. The van der Waals surface area contributed by atoms with Gasteiger partial charge >= 0.3 is 6.09 Å². The number of hydrogen-bond acceptors (Lipinski definition) is 15. The van der Waals surface area contributed by atoms with Gasteiger partial charge in [-0.3, -0.25) is 38.5 Å². The third-order valence-corrected chi connectivity index (χ3v) is 12.6. The Hall–Kier alpha value is -7.34. The molecule has 77 heavy (non-hydrogen) atoms. The van der Waals surface area contributed by atoms with Crippen molar-refractivity contribution in [3.8, 4) is 11.3 Å². The third-order valence-electron chi connectivity index (χ3n) is 12.2. The predicted molar refractivity (Wildman–Crippen MR) is 292 cm³/mol. The molecular formula is C54H73N11O11S. The maximum absolute atomic E-state index is 13.0. The van der Waals surface area contributed by atoms with Crippen molar-refractivity contribution in [2.75, 3.05) is 63.7 Å². The van der Waals surface area contributed by atoms with Crippen molar-refractivity contribution in [2.45, 2.75) is 103 Å². The molecule has 10 N–H and O–H groups in total. The number of para-hydroxylation sites is 1. The number of nitrogens with one attached hydrogen (secondary N) is 6. The van der Waals surface area contributed by atoms with Gasteiger partial charge in [0.25, 0.3) is 0 Å². The number of benzene rings is 3. The maximum atomic E-state index is 13.0. The fourth-order valence-corrected chi connectivity index (χ4v) is 8.29. The van der Waals surface area contributed by atoms with E-state index >= 15 is 0 Å². The summed E-state index contributed by atoms with van der Waals surface area (Å²) in [7, 11) is 0. The molecule has 0 aliphatic carbocycles. The Morgan fingerprint density at radius 2 is 1.44 bits per heavy atom. The lowest BCUT2D eigenvalue weighted by Crippen LogP contribution is -2.52. The molecule has 8 amide bonds. The molecule has 1 fully saturated rings. The molecule has 0 saturated carbocycles. The van der Waals surface area contributed by atoms with Crippen LogP contribution in [0.3, 0.4) is 0 Å². The van der Waals surface area contributed by atoms with E-state index in [1.165, 1.54) is 0 Å². The topological polar surface area (TPSA) is 310 Å². The summed E-state index contributed by atoms with van der Waals surface area (Å²) in [6.45, 7) is 8.42. The summed E-state index contributed by atoms with van der Waals surface area (Å²) in [4.78, 5) is 105. The van der Waals surface area contributed by atoms with Gasteiger partial charge in [-0.1, -0.05) is 81.8 Å². The van der Waals surface area contributed by atoms with Crippen molar-refractivity contribution in [2.24, 2.45) is 11.7 Å². The van der Waals surface area contributed by atoms with Crippen LogP contribution in [0.1, 0.15) is 94.0 Å². The highest BCUT2D eigenvalue weighted by atomic mass is 32.1. The molecule has 1 saturated heterocycles. The normalized spacial score (nSPS) is 14.0. The second-order valence-electron chi connectivity index (χ2n) is 18.8. The van der Waals surface area contributed by atoms with Gasteiger partial charge in [-0.2, -0.15) is 12.6 Å². The van der Waals surface area contributed by atoms with Gasteiger partial charge < -0.3 is 62.1 Å². The molecule has 23 heteroatoms. The Morgan fingerprint density at radius 3 is 2.10 bits per heavy atom. The van der Waals surface area contributed by atoms with E-state index in [0.29, 0.717) is 23.5 Å². The van der Waals surface area contributed by atoms with Crippen molar-refractivity contribution in [3.05, 3.63) is 101 Å². The summed E-state index contributed by atoms with van der Waals surface area (Å²) in [5, 5.41) is 15.1. The van der Waals surface area contributed by atoms with Crippen LogP contribution in [0.25, 0.3) is 11.3 Å². The molecular weight excluding hydrogens is 1010 g/mol. The number of imide groups is 1. The first-order chi connectivity index (χ1) is 36.9. The third kappa shape index (κ3) is 19.6. The van der Waals surface area contributed by atoms with Crippen LogP contribution >= 0.6 is 12.6 Å². The van der Waals surface area contributed by atoms with Crippen molar-refractivity contribution in [3.63, 3.8) is 0 Å². The van der Waals surface area contributed by atoms with E-state index in [0.717, 1.165) is 58.1 Å². The van der Waals surface area contributed by atoms with E-state index in [1.807, 2.05) is 55.5 Å². The number of imidazole rings is 1. The molecule has 1 aliphatic rings. The SMILES string of the molecule is CCCCc1nc(C(C)N)c(-c2ccccc2N)n1Cc1ccc(CNC(=O)OCc2ccc(NC(=O)CNC(=O)[C@@H](NC(=O)CNC(=O)CCOCCOCCNC(=O)CCN3C(=O)CC(S)C3=O)C(C)C)cc2)cc1. The summed E-state index contributed by atoms with van der Waals surface area (Å²) < 4.78 is 18.4. The number of amides is 8. The molecule has 3 aromatic carbocycles. The number of hydrogen-bond donors (Lipinski definition) is 9. The van der Waals surface area contributed by atoms with E-state index in [9.17, 15) is 38.4 Å². The average molecular weight is 1080 g/mol. The largest absolute Gasteiger partial charge is 0.445 e. The Bertz CT molecular complexity index is 2650. The van der Waals surface area contributed by atoms with Crippen LogP contribution in [0.5, 0.6) is 0 Å². The first kappa shape index (κ1) is 60.5. The van der Waals surface area contributed by atoms with E-state index < -0.39 is 46.9 Å². The Morgan fingerprint density at radius 1 is 0.779 bits per heavy atom. The van der Waals surface area contributed by atoms with Gasteiger partial charge in [0.05, 0.1) is 56.2 Å². The van der Waals surface area contributed by atoms with Gasteiger partial charge in [0, 0.05) is 74.8 Å². The Balaban J connectivity index is 0.928. The lowest BCUT2D eigenvalue weighted by Gasteiger charge is -2.21. The molecule has 5 rings (SSSR count). The van der Waals surface area contributed by atoms with Crippen LogP contribution in [-0.2, 0) is 73.9 Å². The standard InChI is InChI=1S/C54H73N11O11S/c1-5-6-11-43-62-50(35(4)55)51(40-9-7-8-10-41(40)56)65(43)32-37-14-12-36(13-15-37)29-60-54(73)76-33-38-16-18-39(19-17-38)61-46(68)31-59-52(71)49(34(2)3)63-47(69)30-58-45(67)21-24-74-26-27-75-25-22-57-44(66)20-23-64-48(70)28-42(77)53(64)72/h7-10,12-19,34-35,42,49,77H,5-6,11,20-33,55-56H2,1-4H3,(H,57,66)(H,58,67)(H,59,71)(H,60,73)(H,61,68)(H,63,69)/t35?,42?,49-/m0/s1. The van der Waals surface area contributed by atoms with Gasteiger partial charge in [-0.25, -0.2) is 9.78 Å². The molecule has 0 radical (unpaired) electrons. The fourth-order valence-electron chi connectivity index (χ4n) is 7.99. The Kier molecular flexibility index (Phi) is 24.4. The lowest BCUT2D eigenvalue weighted by molar-refractivity contribution is -0.138. The minimum absolute atomic E-state index is 0.00287. The zero-order chi connectivity index (χ0) is 55.9. The number of anilines is 2. The Labute approximate surface area is 454 Å². The fraction of sp³-hybridized carbons (Fsp3) is 0.463. The van der Waals surface area contributed by atoms with Gasteiger partial charge in [0.15, 0.2) is 0 Å². The summed E-state index contributed by atoms with van der Waals surface area (Å²) in [6.07, 6.45) is 2.19. The van der Waals surface area contributed by atoms with Gasteiger partial charge in [-0.05, 0) is 54.2 Å². The van der Waals surface area contributed by atoms with E-state index in [-0.39, 0.29) is 109 Å². The number of ether oxygens (including phenoxy) is 3. The molecule has 2 unspecified atom stereocenters. The van der Waals surface area contributed by atoms with Crippen molar-refractivity contribution >= 4 is 71.4 Å². The van der Waals surface area contributed by atoms with Crippen molar-refractivity contribution in [1.29, 1.82) is 0 Å². The second kappa shape index (κ2) is 31.0. The second-order valence-corrected chi connectivity index (χ2v) is 19.4. The number of aryl methyl sites for hydroxylation is 1. The van der Waals surface area contributed by atoms with Crippen LogP contribution in [0.2, 0.25) is 0 Å². The molecule has 22 nitrogen and oxygen atoms in total. The summed E-state index contributed by atoms with van der Waals surface area (Å²) in [5.41, 5.74) is 19.2. The van der Waals surface area contributed by atoms with Gasteiger partial charge in [-0.15, -0.1) is 0 Å². The molecule has 3 atom stereocenters. The van der Waals surface area contributed by atoms with E-state index in [4.69, 9.17) is 30.7 Å². The molecule has 416 valence electrons. The number of alkyl carbamates (subject to hydrolysis) is 1. The average Bonchev–Trinajstić information content (AvgIpc) is 3.91. The first-order valence-electron chi connectivity index (χ1n) is 25.8. The number of nitrogens with two attached hydrogens (primary N) is 2. The highest BCUT2D eigenvalue weighted by molar-refractivity contribution is 7.81. The lowest BCUT2D eigenvalue weighted by atomic mass is 10.0. The van der Waals surface area contributed by atoms with Crippen molar-refractivity contribution in [1.82, 2.24) is 41.0 Å². The molecule has 4 aromatic rings. The number of carbonyl (C=O) groups is 8. The molecule has 0 bridgehead atoms. The molecule has 1 aromatic heterocycles. The quantitative estimate of drug-likeness (QED) is 0.0151. The van der Waals surface area contributed by atoms with Crippen LogP contribution in [0.15, 0.2) is 72.8 Å². The molecule has 0 spiro atoms. The number of rotatable bonds is 31. The molecule has 2 heterocycles. The van der Waals surface area contributed by atoms with Crippen molar-refractivity contribution < 1.29 is 52.6 Å². The van der Waals surface area contributed by atoms with Crippen LogP contribution in [0, 0.1) is 5.92 Å². The minimum atomic E-state index is -0.986. The maximum Gasteiger partial charge on any atom is 0.407 e. The zero-order valence-corrected chi connectivity index (χ0v) is 45.1. The number of unbranched alkanes of at least 4 members (excludes halogenated alkanes) is 1. The van der Waals surface area contributed by atoms with Gasteiger partial charge in [0.1, 0.15) is 18.5 Å². The zero-order valence-electron chi connectivity index (χ0n) is 44.2. The number of nitrogen functional groups attached to an aromatic ring is 1. The summed E-state index contributed by atoms with van der Waals surface area (Å²) in [5.74, 6) is -2.61. The number of thiol groups is 1. The summed E-state index contributed by atoms with van der Waals surface area (Å²) >= 11 is 4.05.